The van der Waals surface area contributed by atoms with Gasteiger partial charge in [-0.3, -0.25) is 0 Å². The van der Waals surface area contributed by atoms with Crippen LogP contribution >= 0.6 is 0 Å². The number of carboxylic acid groups (broad SMARTS) is 1. The molecule has 21 heavy (non-hydrogen) atoms. The molecule has 1 aromatic rings. The fraction of sp³-hybridized carbons (Fsp3) is 0.562. The molecule has 0 aromatic heterocycles. The lowest BCUT2D eigenvalue weighted by Crippen LogP contribution is -2.30. The Morgan fingerprint density at radius 3 is 2.95 bits per heavy atom. The van der Waals surface area contributed by atoms with Gasteiger partial charge in [0.1, 0.15) is 5.75 Å². The van der Waals surface area contributed by atoms with Crippen molar-refractivity contribution in [2.45, 2.75) is 12.8 Å². The van der Waals surface area contributed by atoms with Gasteiger partial charge in [0, 0.05) is 19.6 Å². The van der Waals surface area contributed by atoms with Crippen LogP contribution in [0.15, 0.2) is 24.3 Å². The lowest BCUT2D eigenvalue weighted by atomic mass is 10.2. The molecule has 0 unspecified atom stereocenters. The van der Waals surface area contributed by atoms with Gasteiger partial charge in [-0.15, -0.1) is 0 Å². The van der Waals surface area contributed by atoms with Crippen LogP contribution in [0, 0.1) is 0 Å². The van der Waals surface area contributed by atoms with E-state index >= 15 is 0 Å². The van der Waals surface area contributed by atoms with Gasteiger partial charge < -0.3 is 19.6 Å². The quantitative estimate of drug-likeness (QED) is 0.810. The number of carboxylic acids is 1. The number of hydrogen-bond acceptors (Lipinski definition) is 4. The molecule has 1 heterocycles. The molecule has 0 amide bonds. The highest BCUT2D eigenvalue weighted by molar-refractivity contribution is 5.87. The highest BCUT2D eigenvalue weighted by Gasteiger charge is 2.11. The Morgan fingerprint density at radius 1 is 1.29 bits per heavy atom. The molecule has 0 spiro atoms. The minimum atomic E-state index is -0.922. The number of rotatable bonds is 6. The van der Waals surface area contributed by atoms with Crippen LogP contribution in [0.5, 0.6) is 5.75 Å². The number of benzene rings is 1. The van der Waals surface area contributed by atoms with Crippen LogP contribution < -0.4 is 4.74 Å². The van der Waals surface area contributed by atoms with Crippen molar-refractivity contribution in [3.05, 3.63) is 29.8 Å². The second-order valence-corrected chi connectivity index (χ2v) is 5.53. The van der Waals surface area contributed by atoms with Crippen LogP contribution in [0.1, 0.15) is 23.2 Å². The van der Waals surface area contributed by atoms with Gasteiger partial charge >= 0.3 is 5.97 Å². The summed E-state index contributed by atoms with van der Waals surface area (Å²) in [6.45, 7) is 6.22. The van der Waals surface area contributed by atoms with Crippen molar-refractivity contribution in [2.24, 2.45) is 0 Å². The molecule has 0 bridgehead atoms. The second-order valence-electron chi connectivity index (χ2n) is 5.53. The van der Waals surface area contributed by atoms with E-state index < -0.39 is 5.97 Å². The van der Waals surface area contributed by atoms with Gasteiger partial charge in [-0.2, -0.15) is 0 Å². The molecule has 1 aliphatic heterocycles. The third kappa shape index (κ3) is 5.36. The molecule has 1 aromatic carbocycles. The summed E-state index contributed by atoms with van der Waals surface area (Å²) in [4.78, 5) is 15.7. The summed E-state index contributed by atoms with van der Waals surface area (Å²) in [6, 6.07) is 6.66. The Balaban J connectivity index is 1.69. The van der Waals surface area contributed by atoms with E-state index in [1.54, 1.807) is 24.3 Å². The molecule has 5 heteroatoms. The minimum Gasteiger partial charge on any atom is -0.494 e. The second kappa shape index (κ2) is 8.00. The smallest absolute Gasteiger partial charge is 0.335 e. The van der Waals surface area contributed by atoms with E-state index in [-0.39, 0.29) is 5.56 Å². The van der Waals surface area contributed by atoms with E-state index in [4.69, 9.17) is 9.84 Å². The molecule has 5 nitrogen and oxygen atoms in total. The first-order valence-electron chi connectivity index (χ1n) is 7.52. The minimum absolute atomic E-state index is 0.267. The maximum absolute atomic E-state index is 10.9. The molecule has 2 rings (SSSR count). The fourth-order valence-corrected chi connectivity index (χ4v) is 2.52. The van der Waals surface area contributed by atoms with Crippen molar-refractivity contribution in [1.29, 1.82) is 0 Å². The highest BCUT2D eigenvalue weighted by atomic mass is 16.5. The number of aromatic carboxylic acids is 1. The first-order valence-corrected chi connectivity index (χ1v) is 7.52. The monoisotopic (exact) mass is 292 g/mol. The zero-order valence-corrected chi connectivity index (χ0v) is 12.6. The van der Waals surface area contributed by atoms with Crippen LogP contribution in [-0.2, 0) is 0 Å². The summed E-state index contributed by atoms with van der Waals surface area (Å²) in [5.41, 5.74) is 0.267. The number of hydrogen-bond donors (Lipinski definition) is 1. The highest BCUT2D eigenvalue weighted by Crippen LogP contribution is 2.13. The van der Waals surface area contributed by atoms with E-state index in [9.17, 15) is 4.79 Å². The molecule has 0 atom stereocenters. The molecule has 0 radical (unpaired) electrons. The standard InChI is InChI=1S/C16H24N2O3/c1-17-7-3-8-18(11-10-17)9-4-12-21-15-6-2-5-14(13-15)16(19)20/h2,5-6,13H,3-4,7-12H2,1H3,(H,19,20). The Labute approximate surface area is 126 Å². The fourth-order valence-electron chi connectivity index (χ4n) is 2.52. The van der Waals surface area contributed by atoms with E-state index in [1.807, 2.05) is 0 Å². The average Bonchev–Trinajstić information content (AvgIpc) is 2.69. The molecule has 0 aliphatic carbocycles. The zero-order chi connectivity index (χ0) is 15.1. The van der Waals surface area contributed by atoms with Gasteiger partial charge in [0.2, 0.25) is 0 Å². The Morgan fingerprint density at radius 2 is 2.14 bits per heavy atom. The lowest BCUT2D eigenvalue weighted by Gasteiger charge is -2.19. The molecular formula is C16H24N2O3. The van der Waals surface area contributed by atoms with Crippen LogP contribution in [0.25, 0.3) is 0 Å². The number of carbonyl (C=O) groups is 1. The first-order chi connectivity index (χ1) is 10.1. The summed E-state index contributed by atoms with van der Waals surface area (Å²) >= 11 is 0. The Kier molecular flexibility index (Phi) is 6.02. The van der Waals surface area contributed by atoms with Crippen molar-refractivity contribution < 1.29 is 14.6 Å². The van der Waals surface area contributed by atoms with Crippen molar-refractivity contribution in [3.63, 3.8) is 0 Å². The molecule has 116 valence electrons. The van der Waals surface area contributed by atoms with Gasteiger partial charge in [0.15, 0.2) is 0 Å². The van der Waals surface area contributed by atoms with E-state index in [1.165, 1.54) is 13.0 Å². The number of ether oxygens (including phenoxy) is 1. The van der Waals surface area contributed by atoms with Crippen molar-refractivity contribution in [1.82, 2.24) is 9.80 Å². The van der Waals surface area contributed by atoms with Gasteiger partial charge in [0.25, 0.3) is 0 Å². The predicted octanol–water partition coefficient (Wildman–Crippen LogP) is 1.79. The molecule has 1 fully saturated rings. The maximum Gasteiger partial charge on any atom is 0.335 e. The molecule has 0 saturated carbocycles. The first kappa shape index (κ1) is 15.8. The molecular weight excluding hydrogens is 268 g/mol. The summed E-state index contributed by atoms with van der Waals surface area (Å²) in [7, 11) is 2.17. The van der Waals surface area contributed by atoms with E-state index in [0.29, 0.717) is 12.4 Å². The van der Waals surface area contributed by atoms with Crippen LogP contribution in [-0.4, -0.2) is 67.3 Å². The third-order valence-electron chi connectivity index (χ3n) is 3.78. The molecule has 1 aliphatic rings. The topological polar surface area (TPSA) is 53.0 Å². The predicted molar refractivity (Wildman–Crippen MR) is 82.1 cm³/mol. The summed E-state index contributed by atoms with van der Waals surface area (Å²) in [5.74, 6) is -0.292. The van der Waals surface area contributed by atoms with Crippen LogP contribution in [0.3, 0.4) is 0 Å². The average molecular weight is 292 g/mol. The number of nitrogens with zero attached hydrogens (tertiary/aromatic N) is 2. The Bertz CT molecular complexity index is 465. The van der Waals surface area contributed by atoms with Gasteiger partial charge in [-0.05, 0) is 51.2 Å². The van der Waals surface area contributed by atoms with Gasteiger partial charge in [-0.25, -0.2) is 4.79 Å². The third-order valence-corrected chi connectivity index (χ3v) is 3.78. The Hall–Kier alpha value is -1.59. The van der Waals surface area contributed by atoms with Crippen LogP contribution in [0.4, 0.5) is 0 Å². The van der Waals surface area contributed by atoms with Gasteiger partial charge in [0.05, 0.1) is 12.2 Å². The van der Waals surface area contributed by atoms with Gasteiger partial charge in [-0.1, -0.05) is 6.07 Å². The van der Waals surface area contributed by atoms with Crippen molar-refractivity contribution in [2.75, 3.05) is 46.4 Å². The maximum atomic E-state index is 10.9. The normalized spacial score (nSPS) is 17.4. The van der Waals surface area contributed by atoms with Crippen LogP contribution in [0.2, 0.25) is 0 Å². The SMILES string of the molecule is CN1CCCN(CCCOc2cccc(C(=O)O)c2)CC1. The zero-order valence-electron chi connectivity index (χ0n) is 12.6. The summed E-state index contributed by atoms with van der Waals surface area (Å²) < 4.78 is 5.64. The van der Waals surface area contributed by atoms with Crippen molar-refractivity contribution in [3.8, 4) is 5.75 Å². The molecule has 1 saturated heterocycles. The number of likely N-dealkylation sites (N-methyl/N-ethyl adjacent to an activating group) is 1. The summed E-state index contributed by atoms with van der Waals surface area (Å²) in [5, 5.41) is 8.93. The van der Waals surface area contributed by atoms with E-state index in [2.05, 4.69) is 16.8 Å². The lowest BCUT2D eigenvalue weighted by molar-refractivity contribution is 0.0696. The summed E-state index contributed by atoms with van der Waals surface area (Å²) in [6.07, 6.45) is 2.18. The van der Waals surface area contributed by atoms with Crippen molar-refractivity contribution >= 4 is 5.97 Å². The molecule has 1 N–H and O–H groups in total. The largest absolute Gasteiger partial charge is 0.494 e. The van der Waals surface area contributed by atoms with E-state index in [0.717, 1.165) is 32.6 Å².